The van der Waals surface area contributed by atoms with Crippen LogP contribution in [0.1, 0.15) is 44.9 Å². The lowest BCUT2D eigenvalue weighted by atomic mass is 10.0. The van der Waals surface area contributed by atoms with Crippen molar-refractivity contribution in [1.29, 1.82) is 0 Å². The van der Waals surface area contributed by atoms with Gasteiger partial charge in [-0.2, -0.15) is 0 Å². The van der Waals surface area contributed by atoms with E-state index in [4.69, 9.17) is 0 Å². The third kappa shape index (κ3) is 2.58. The third-order valence-corrected chi connectivity index (χ3v) is 3.44. The molecule has 0 aliphatic heterocycles. The van der Waals surface area contributed by atoms with Crippen LogP contribution in [0.3, 0.4) is 0 Å². The van der Waals surface area contributed by atoms with Gasteiger partial charge >= 0.3 is 0 Å². The van der Waals surface area contributed by atoms with Crippen LogP contribution in [-0.2, 0) is 0 Å². The van der Waals surface area contributed by atoms with E-state index in [9.17, 15) is 5.11 Å². The van der Waals surface area contributed by atoms with Crippen molar-refractivity contribution in [3.63, 3.8) is 0 Å². The maximum Gasteiger partial charge on any atom is 0.0693 e. The van der Waals surface area contributed by atoms with E-state index in [1.54, 1.807) is 0 Å². The molecule has 2 aliphatic rings. The molecular formula is C12H21NO. The van der Waals surface area contributed by atoms with Gasteiger partial charge in [0, 0.05) is 12.1 Å². The van der Waals surface area contributed by atoms with Gasteiger partial charge in [0.25, 0.3) is 0 Å². The number of nitrogens with one attached hydrogen (secondary N) is 1. The second kappa shape index (κ2) is 4.94. The predicted octanol–water partition coefficient (Wildman–Crippen LogP) is 1.99. The van der Waals surface area contributed by atoms with Gasteiger partial charge in [-0.05, 0) is 25.7 Å². The van der Waals surface area contributed by atoms with Crippen LogP contribution >= 0.6 is 0 Å². The fraction of sp³-hybridized carbons (Fsp3) is 0.833. The summed E-state index contributed by atoms with van der Waals surface area (Å²) >= 11 is 0. The Kier molecular flexibility index (Phi) is 3.60. The van der Waals surface area contributed by atoms with E-state index in [1.165, 1.54) is 19.3 Å². The largest absolute Gasteiger partial charge is 0.392 e. The SMILES string of the molecule is OC1CCCCCC1NC1CC=CC1. The van der Waals surface area contributed by atoms with Crippen molar-refractivity contribution in [2.45, 2.75) is 63.1 Å². The average molecular weight is 195 g/mol. The van der Waals surface area contributed by atoms with Gasteiger partial charge in [-0.3, -0.25) is 0 Å². The first-order valence-corrected chi connectivity index (χ1v) is 5.95. The summed E-state index contributed by atoms with van der Waals surface area (Å²) in [6, 6.07) is 0.940. The molecule has 2 atom stereocenters. The number of aliphatic hydroxyl groups is 1. The van der Waals surface area contributed by atoms with Crippen molar-refractivity contribution in [2.75, 3.05) is 0 Å². The molecule has 0 bridgehead atoms. The van der Waals surface area contributed by atoms with E-state index < -0.39 is 0 Å². The lowest BCUT2D eigenvalue weighted by Crippen LogP contribution is -2.44. The van der Waals surface area contributed by atoms with Gasteiger partial charge in [0.2, 0.25) is 0 Å². The zero-order chi connectivity index (χ0) is 9.80. The van der Waals surface area contributed by atoms with Gasteiger partial charge in [0.1, 0.15) is 0 Å². The molecule has 2 N–H and O–H groups in total. The van der Waals surface area contributed by atoms with E-state index in [0.29, 0.717) is 12.1 Å². The van der Waals surface area contributed by atoms with Crippen LogP contribution in [0.25, 0.3) is 0 Å². The minimum atomic E-state index is -0.113. The highest BCUT2D eigenvalue weighted by Gasteiger charge is 2.24. The van der Waals surface area contributed by atoms with Crippen LogP contribution in [-0.4, -0.2) is 23.3 Å². The van der Waals surface area contributed by atoms with Gasteiger partial charge in [0.15, 0.2) is 0 Å². The molecule has 2 unspecified atom stereocenters. The fourth-order valence-electron chi connectivity index (χ4n) is 2.54. The minimum absolute atomic E-state index is 0.113. The molecule has 2 nitrogen and oxygen atoms in total. The molecule has 14 heavy (non-hydrogen) atoms. The Morgan fingerprint density at radius 3 is 2.50 bits per heavy atom. The normalized spacial score (nSPS) is 34.6. The maximum absolute atomic E-state index is 9.93. The molecule has 1 fully saturated rings. The molecule has 0 aromatic rings. The standard InChI is InChI=1S/C12H21NO/c14-12-9-3-1-2-8-11(12)13-10-6-4-5-7-10/h4-5,10-14H,1-3,6-9H2. The van der Waals surface area contributed by atoms with E-state index in [0.717, 1.165) is 25.7 Å². The molecule has 0 aromatic heterocycles. The Hall–Kier alpha value is -0.340. The summed E-state index contributed by atoms with van der Waals surface area (Å²) in [6.07, 6.45) is 12.5. The van der Waals surface area contributed by atoms with Crippen molar-refractivity contribution in [1.82, 2.24) is 5.32 Å². The highest BCUT2D eigenvalue weighted by atomic mass is 16.3. The van der Waals surface area contributed by atoms with Gasteiger partial charge < -0.3 is 10.4 Å². The second-order valence-electron chi connectivity index (χ2n) is 4.62. The van der Waals surface area contributed by atoms with Gasteiger partial charge in [-0.15, -0.1) is 0 Å². The third-order valence-electron chi connectivity index (χ3n) is 3.44. The zero-order valence-corrected chi connectivity index (χ0v) is 8.78. The van der Waals surface area contributed by atoms with Crippen LogP contribution in [0.15, 0.2) is 12.2 Å². The van der Waals surface area contributed by atoms with E-state index in [2.05, 4.69) is 17.5 Å². The molecule has 0 amide bonds. The van der Waals surface area contributed by atoms with Crippen LogP contribution in [0.5, 0.6) is 0 Å². The minimum Gasteiger partial charge on any atom is -0.392 e. The number of aliphatic hydroxyl groups excluding tert-OH is 1. The quantitative estimate of drug-likeness (QED) is 0.521. The topological polar surface area (TPSA) is 32.3 Å². The zero-order valence-electron chi connectivity index (χ0n) is 8.78. The van der Waals surface area contributed by atoms with Gasteiger partial charge in [-0.25, -0.2) is 0 Å². The number of hydrogen-bond acceptors (Lipinski definition) is 2. The summed E-state index contributed by atoms with van der Waals surface area (Å²) in [6.45, 7) is 0. The van der Waals surface area contributed by atoms with Gasteiger partial charge in [0.05, 0.1) is 6.10 Å². The first kappa shape index (κ1) is 10.2. The molecule has 2 aliphatic carbocycles. The summed E-state index contributed by atoms with van der Waals surface area (Å²) in [5, 5.41) is 13.5. The molecule has 2 rings (SSSR count). The second-order valence-corrected chi connectivity index (χ2v) is 4.62. The summed E-state index contributed by atoms with van der Waals surface area (Å²) < 4.78 is 0. The van der Waals surface area contributed by atoms with Crippen LogP contribution in [0.2, 0.25) is 0 Å². The molecule has 0 heterocycles. The monoisotopic (exact) mass is 195 g/mol. The van der Waals surface area contributed by atoms with Crippen molar-refractivity contribution < 1.29 is 5.11 Å². The van der Waals surface area contributed by atoms with Crippen LogP contribution in [0.4, 0.5) is 0 Å². The predicted molar refractivity (Wildman–Crippen MR) is 58.2 cm³/mol. The maximum atomic E-state index is 9.93. The summed E-state index contributed by atoms with van der Waals surface area (Å²) in [7, 11) is 0. The van der Waals surface area contributed by atoms with Crippen molar-refractivity contribution >= 4 is 0 Å². The lowest BCUT2D eigenvalue weighted by Gasteiger charge is -2.25. The van der Waals surface area contributed by atoms with E-state index in [-0.39, 0.29) is 6.10 Å². The Morgan fingerprint density at radius 1 is 1.00 bits per heavy atom. The Balaban J connectivity index is 1.81. The van der Waals surface area contributed by atoms with Crippen molar-refractivity contribution in [2.24, 2.45) is 0 Å². The van der Waals surface area contributed by atoms with E-state index >= 15 is 0 Å². The smallest absolute Gasteiger partial charge is 0.0693 e. The first-order chi connectivity index (χ1) is 6.86. The molecular weight excluding hydrogens is 174 g/mol. The Bertz CT molecular complexity index is 194. The first-order valence-electron chi connectivity index (χ1n) is 5.95. The highest BCUT2D eigenvalue weighted by Crippen LogP contribution is 2.20. The Morgan fingerprint density at radius 2 is 1.71 bits per heavy atom. The number of rotatable bonds is 2. The lowest BCUT2D eigenvalue weighted by molar-refractivity contribution is 0.114. The van der Waals surface area contributed by atoms with Crippen molar-refractivity contribution in [3.8, 4) is 0 Å². The molecule has 0 radical (unpaired) electrons. The molecule has 0 saturated heterocycles. The van der Waals surface area contributed by atoms with Crippen LogP contribution in [0, 0.1) is 0 Å². The molecule has 0 spiro atoms. The Labute approximate surface area is 86.4 Å². The van der Waals surface area contributed by atoms with Crippen LogP contribution < -0.4 is 5.32 Å². The highest BCUT2D eigenvalue weighted by molar-refractivity contribution is 4.99. The van der Waals surface area contributed by atoms with E-state index in [1.807, 2.05) is 0 Å². The fourth-order valence-corrected chi connectivity index (χ4v) is 2.54. The average Bonchev–Trinajstić information content (AvgIpc) is 2.60. The van der Waals surface area contributed by atoms with Gasteiger partial charge in [-0.1, -0.05) is 31.4 Å². The summed E-state index contributed by atoms with van der Waals surface area (Å²) in [5.41, 5.74) is 0. The molecule has 80 valence electrons. The summed E-state index contributed by atoms with van der Waals surface area (Å²) in [4.78, 5) is 0. The molecule has 0 aromatic carbocycles. The number of hydrogen-bond donors (Lipinski definition) is 2. The van der Waals surface area contributed by atoms with Crippen molar-refractivity contribution in [3.05, 3.63) is 12.2 Å². The summed E-state index contributed by atoms with van der Waals surface area (Å²) in [5.74, 6) is 0. The molecule has 2 heteroatoms. The molecule has 1 saturated carbocycles.